The monoisotopic (exact) mass is 280 g/mol. The van der Waals surface area contributed by atoms with Crippen molar-refractivity contribution in [3.8, 4) is 6.07 Å². The van der Waals surface area contributed by atoms with E-state index in [1.807, 2.05) is 0 Å². The van der Waals surface area contributed by atoms with Crippen LogP contribution in [0.25, 0.3) is 0 Å². The number of anilines is 2. The number of nitrogens with two attached hydrogens (primary N) is 1. The minimum atomic E-state index is -0.234. The molecule has 6 heteroatoms. The second-order valence-corrected chi connectivity index (χ2v) is 5.20. The molecule has 104 valence electrons. The van der Waals surface area contributed by atoms with Gasteiger partial charge in [0.2, 0.25) is 0 Å². The molecule has 0 atom stereocenters. The van der Waals surface area contributed by atoms with E-state index in [-0.39, 0.29) is 5.91 Å². The van der Waals surface area contributed by atoms with Crippen LogP contribution in [0.3, 0.4) is 0 Å². The molecule has 1 aromatic heterocycles. The van der Waals surface area contributed by atoms with Gasteiger partial charge in [0.25, 0.3) is 5.91 Å². The van der Waals surface area contributed by atoms with E-state index in [0.717, 1.165) is 30.9 Å². The quantitative estimate of drug-likeness (QED) is 0.836. The van der Waals surface area contributed by atoms with Crippen LogP contribution in [0.4, 0.5) is 10.7 Å². The molecule has 1 aromatic rings. The highest BCUT2D eigenvalue weighted by Crippen LogP contribution is 2.38. The fraction of sp³-hybridized carbons (Fsp3) is 0.538. The Kier molecular flexibility index (Phi) is 5.64. The standard InChI is InChI=1S/C13H20N4OS/c1-4-6-17(7-5-2)13-10(12(18)16-3)11(15)9(8-14)19-13/h4-7,15H2,1-3H3,(H,16,18). The van der Waals surface area contributed by atoms with Gasteiger partial charge < -0.3 is 16.0 Å². The van der Waals surface area contributed by atoms with Gasteiger partial charge >= 0.3 is 0 Å². The molecule has 0 radical (unpaired) electrons. The molecule has 1 rings (SSSR count). The lowest BCUT2D eigenvalue weighted by molar-refractivity contribution is 0.0965. The van der Waals surface area contributed by atoms with E-state index in [9.17, 15) is 4.79 Å². The van der Waals surface area contributed by atoms with Crippen molar-refractivity contribution in [1.82, 2.24) is 5.32 Å². The SMILES string of the molecule is CCCN(CCC)c1sc(C#N)c(N)c1C(=O)NC. The molecule has 3 N–H and O–H groups in total. The lowest BCUT2D eigenvalue weighted by Gasteiger charge is -2.23. The Bertz CT molecular complexity index is 484. The van der Waals surface area contributed by atoms with Crippen molar-refractivity contribution in [3.05, 3.63) is 10.4 Å². The summed E-state index contributed by atoms with van der Waals surface area (Å²) in [4.78, 5) is 14.5. The normalized spacial score (nSPS) is 10.0. The highest BCUT2D eigenvalue weighted by atomic mass is 32.1. The van der Waals surface area contributed by atoms with E-state index in [4.69, 9.17) is 11.0 Å². The lowest BCUT2D eigenvalue weighted by atomic mass is 10.2. The van der Waals surface area contributed by atoms with Crippen LogP contribution >= 0.6 is 11.3 Å². The van der Waals surface area contributed by atoms with Crippen LogP contribution in [0.5, 0.6) is 0 Å². The largest absolute Gasteiger partial charge is 0.396 e. The van der Waals surface area contributed by atoms with Gasteiger partial charge in [-0.1, -0.05) is 13.8 Å². The summed E-state index contributed by atoms with van der Waals surface area (Å²) < 4.78 is 0. The van der Waals surface area contributed by atoms with Crippen LogP contribution in [0, 0.1) is 11.3 Å². The molecule has 0 bridgehead atoms. The second-order valence-electron chi connectivity index (χ2n) is 4.20. The number of thiophene rings is 1. The Hall–Kier alpha value is -1.74. The van der Waals surface area contributed by atoms with Crippen LogP contribution in [0.1, 0.15) is 41.9 Å². The second kappa shape index (κ2) is 7.00. The summed E-state index contributed by atoms with van der Waals surface area (Å²) in [5.74, 6) is -0.234. The Labute approximate surface area is 118 Å². The zero-order valence-corrected chi connectivity index (χ0v) is 12.4. The molecular weight excluding hydrogens is 260 g/mol. The van der Waals surface area contributed by atoms with Gasteiger partial charge in [0.1, 0.15) is 15.9 Å². The van der Waals surface area contributed by atoms with Gasteiger partial charge in [-0.05, 0) is 12.8 Å². The first-order valence-electron chi connectivity index (χ1n) is 6.39. The lowest BCUT2D eigenvalue weighted by Crippen LogP contribution is -2.28. The molecule has 0 aliphatic carbocycles. The fourth-order valence-corrected chi connectivity index (χ4v) is 3.00. The van der Waals surface area contributed by atoms with E-state index < -0.39 is 0 Å². The minimum Gasteiger partial charge on any atom is -0.396 e. The topological polar surface area (TPSA) is 82.2 Å². The zero-order chi connectivity index (χ0) is 14.4. The van der Waals surface area contributed by atoms with E-state index in [2.05, 4.69) is 30.1 Å². The van der Waals surface area contributed by atoms with E-state index in [0.29, 0.717) is 16.1 Å². The summed E-state index contributed by atoms with van der Waals surface area (Å²) in [7, 11) is 1.57. The van der Waals surface area contributed by atoms with Crippen molar-refractivity contribution >= 4 is 27.9 Å². The highest BCUT2D eigenvalue weighted by Gasteiger charge is 2.24. The number of nitrogen functional groups attached to an aromatic ring is 1. The number of nitrogens with zero attached hydrogens (tertiary/aromatic N) is 2. The van der Waals surface area contributed by atoms with Crippen molar-refractivity contribution in [2.45, 2.75) is 26.7 Å². The molecule has 1 amide bonds. The first kappa shape index (κ1) is 15.3. The zero-order valence-electron chi connectivity index (χ0n) is 11.6. The number of nitrogens with one attached hydrogen (secondary N) is 1. The molecule has 0 saturated heterocycles. The number of amides is 1. The predicted molar refractivity (Wildman–Crippen MR) is 79.6 cm³/mol. The average Bonchev–Trinajstić information content (AvgIpc) is 2.74. The summed E-state index contributed by atoms with van der Waals surface area (Å²) >= 11 is 1.30. The molecule has 19 heavy (non-hydrogen) atoms. The Morgan fingerprint density at radius 2 is 2.00 bits per heavy atom. The first-order chi connectivity index (χ1) is 9.10. The van der Waals surface area contributed by atoms with Crippen molar-refractivity contribution in [1.29, 1.82) is 5.26 Å². The highest BCUT2D eigenvalue weighted by molar-refractivity contribution is 7.17. The third-order valence-corrected chi connectivity index (χ3v) is 3.93. The third-order valence-electron chi connectivity index (χ3n) is 2.76. The van der Waals surface area contributed by atoms with E-state index in [1.54, 1.807) is 7.05 Å². The maximum Gasteiger partial charge on any atom is 0.256 e. The van der Waals surface area contributed by atoms with Crippen LogP contribution in [0.15, 0.2) is 0 Å². The smallest absolute Gasteiger partial charge is 0.256 e. The van der Waals surface area contributed by atoms with Crippen LogP contribution in [-0.2, 0) is 0 Å². The molecule has 0 unspecified atom stereocenters. The van der Waals surface area contributed by atoms with Gasteiger partial charge in [-0.15, -0.1) is 11.3 Å². The van der Waals surface area contributed by atoms with E-state index in [1.165, 1.54) is 11.3 Å². The summed E-state index contributed by atoms with van der Waals surface area (Å²) in [6.07, 6.45) is 1.96. The molecule has 5 nitrogen and oxygen atoms in total. The van der Waals surface area contributed by atoms with Gasteiger partial charge in [0.05, 0.1) is 11.3 Å². The third kappa shape index (κ3) is 3.18. The van der Waals surface area contributed by atoms with Gasteiger partial charge in [0, 0.05) is 20.1 Å². The van der Waals surface area contributed by atoms with Crippen molar-refractivity contribution in [2.24, 2.45) is 0 Å². The van der Waals surface area contributed by atoms with Crippen molar-refractivity contribution < 1.29 is 4.79 Å². The Balaban J connectivity index is 3.31. The molecule has 0 aliphatic heterocycles. The summed E-state index contributed by atoms with van der Waals surface area (Å²) in [6.45, 7) is 5.88. The van der Waals surface area contributed by atoms with Crippen LogP contribution in [-0.4, -0.2) is 26.0 Å². The van der Waals surface area contributed by atoms with Gasteiger partial charge in [-0.3, -0.25) is 4.79 Å². The number of rotatable bonds is 6. The molecule has 0 aliphatic rings. The molecule has 0 spiro atoms. The Morgan fingerprint density at radius 3 is 2.42 bits per heavy atom. The number of hydrogen-bond donors (Lipinski definition) is 2. The summed E-state index contributed by atoms with van der Waals surface area (Å²) in [5.41, 5.74) is 6.65. The van der Waals surface area contributed by atoms with Gasteiger partial charge in [-0.25, -0.2) is 0 Å². The minimum absolute atomic E-state index is 0.234. The molecule has 1 heterocycles. The Morgan fingerprint density at radius 1 is 1.42 bits per heavy atom. The van der Waals surface area contributed by atoms with Gasteiger partial charge in [-0.2, -0.15) is 5.26 Å². The van der Waals surface area contributed by atoms with Crippen molar-refractivity contribution in [2.75, 3.05) is 30.8 Å². The summed E-state index contributed by atoms with van der Waals surface area (Å²) in [5, 5.41) is 12.5. The average molecular weight is 280 g/mol. The number of carbonyl (C=O) groups excluding carboxylic acids is 1. The molecule has 0 fully saturated rings. The number of nitriles is 1. The number of carbonyl (C=O) groups is 1. The van der Waals surface area contributed by atoms with Crippen molar-refractivity contribution in [3.63, 3.8) is 0 Å². The summed E-state index contributed by atoms with van der Waals surface area (Å²) in [6, 6.07) is 2.06. The first-order valence-corrected chi connectivity index (χ1v) is 7.21. The predicted octanol–water partition coefficient (Wildman–Crippen LogP) is 2.19. The maximum atomic E-state index is 12.0. The van der Waals surface area contributed by atoms with E-state index >= 15 is 0 Å². The van der Waals surface area contributed by atoms with Crippen LogP contribution in [0.2, 0.25) is 0 Å². The fourth-order valence-electron chi connectivity index (χ4n) is 1.94. The molecular formula is C13H20N4OS. The van der Waals surface area contributed by atoms with Crippen LogP contribution < -0.4 is 16.0 Å². The number of hydrogen-bond acceptors (Lipinski definition) is 5. The maximum absolute atomic E-state index is 12.0. The van der Waals surface area contributed by atoms with Gasteiger partial charge in [0.15, 0.2) is 0 Å². The molecule has 0 aromatic carbocycles. The molecule has 0 saturated carbocycles.